The molecule has 1 aromatic carbocycles. The number of benzene rings is 1. The van der Waals surface area contributed by atoms with Crippen molar-refractivity contribution in [2.45, 2.75) is 19.4 Å². The molecule has 0 fully saturated rings. The highest BCUT2D eigenvalue weighted by atomic mass is 16.7. The molecule has 0 aromatic heterocycles. The maximum absolute atomic E-state index is 5.69. The third-order valence-electron chi connectivity index (χ3n) is 1.82. The number of hydrogen-bond acceptors (Lipinski definition) is 3. The van der Waals surface area contributed by atoms with Gasteiger partial charge in [0.25, 0.3) is 0 Å². The number of nitrogens with two attached hydrogens (primary N) is 1. The van der Waals surface area contributed by atoms with Gasteiger partial charge in [-0.05, 0) is 31.0 Å². The van der Waals surface area contributed by atoms with Crippen molar-refractivity contribution >= 4 is 0 Å². The fourth-order valence-corrected chi connectivity index (χ4v) is 1.22. The third-order valence-corrected chi connectivity index (χ3v) is 1.82. The zero-order valence-corrected chi connectivity index (χ0v) is 8.69. The molecule has 1 rings (SSSR count). The summed E-state index contributed by atoms with van der Waals surface area (Å²) in [4.78, 5) is 0. The van der Waals surface area contributed by atoms with Gasteiger partial charge in [-0.2, -0.15) is 0 Å². The molecule has 0 saturated carbocycles. The van der Waals surface area contributed by atoms with Crippen molar-refractivity contribution in [3.8, 4) is 5.75 Å². The van der Waals surface area contributed by atoms with Crippen LogP contribution in [0.4, 0.5) is 0 Å². The first-order chi connectivity index (χ1) is 6.72. The summed E-state index contributed by atoms with van der Waals surface area (Å²) >= 11 is 0. The zero-order valence-electron chi connectivity index (χ0n) is 8.69. The lowest BCUT2D eigenvalue weighted by Gasteiger charge is -2.07. The summed E-state index contributed by atoms with van der Waals surface area (Å²) in [6, 6.07) is 8.09. The van der Waals surface area contributed by atoms with Gasteiger partial charge in [-0.3, -0.25) is 0 Å². The molecule has 0 aliphatic rings. The van der Waals surface area contributed by atoms with Gasteiger partial charge in [0.1, 0.15) is 5.75 Å². The predicted octanol–water partition coefficient (Wildman–Crippen LogP) is 1.56. The smallest absolute Gasteiger partial charge is 0.188 e. The van der Waals surface area contributed by atoms with Gasteiger partial charge >= 0.3 is 0 Å². The highest BCUT2D eigenvalue weighted by molar-refractivity contribution is 5.27. The zero-order chi connectivity index (χ0) is 10.4. The van der Waals surface area contributed by atoms with Crippen LogP contribution in [0.1, 0.15) is 12.5 Å². The van der Waals surface area contributed by atoms with Crippen LogP contribution in [0, 0.1) is 0 Å². The second-order valence-electron chi connectivity index (χ2n) is 3.38. The Hall–Kier alpha value is -1.06. The van der Waals surface area contributed by atoms with Crippen LogP contribution in [0.15, 0.2) is 24.3 Å². The number of methoxy groups -OCH3 is 1. The van der Waals surface area contributed by atoms with Gasteiger partial charge in [0.15, 0.2) is 6.79 Å². The van der Waals surface area contributed by atoms with Gasteiger partial charge in [-0.25, -0.2) is 0 Å². The molecule has 1 atom stereocenters. The highest BCUT2D eigenvalue weighted by Gasteiger charge is 1.98. The molecule has 2 N–H and O–H groups in total. The van der Waals surface area contributed by atoms with E-state index in [9.17, 15) is 0 Å². The fourth-order valence-electron chi connectivity index (χ4n) is 1.22. The molecule has 3 nitrogen and oxygen atoms in total. The van der Waals surface area contributed by atoms with E-state index in [2.05, 4.69) is 0 Å². The van der Waals surface area contributed by atoms with E-state index in [1.54, 1.807) is 7.11 Å². The molecule has 0 amide bonds. The maximum atomic E-state index is 5.69. The van der Waals surface area contributed by atoms with Gasteiger partial charge in [0.05, 0.1) is 0 Å². The highest BCUT2D eigenvalue weighted by Crippen LogP contribution is 2.12. The minimum Gasteiger partial charge on any atom is -0.468 e. The Morgan fingerprint density at radius 2 is 1.93 bits per heavy atom. The summed E-state index contributed by atoms with van der Waals surface area (Å²) in [5, 5.41) is 0. The van der Waals surface area contributed by atoms with Gasteiger partial charge in [0.2, 0.25) is 0 Å². The normalized spacial score (nSPS) is 12.5. The largest absolute Gasteiger partial charge is 0.468 e. The molecule has 0 radical (unpaired) electrons. The van der Waals surface area contributed by atoms with E-state index in [-0.39, 0.29) is 12.8 Å². The molecule has 0 heterocycles. The number of ether oxygens (including phenoxy) is 2. The topological polar surface area (TPSA) is 44.5 Å². The molecular formula is C11H17NO2. The van der Waals surface area contributed by atoms with Gasteiger partial charge in [0, 0.05) is 13.2 Å². The van der Waals surface area contributed by atoms with Crippen molar-refractivity contribution in [2.24, 2.45) is 5.73 Å². The Morgan fingerprint density at radius 1 is 1.29 bits per heavy atom. The number of rotatable bonds is 5. The van der Waals surface area contributed by atoms with E-state index in [1.807, 2.05) is 31.2 Å². The van der Waals surface area contributed by atoms with Crippen LogP contribution in [-0.4, -0.2) is 19.9 Å². The molecule has 0 aliphatic heterocycles. The fraction of sp³-hybridized carbons (Fsp3) is 0.455. The van der Waals surface area contributed by atoms with Crippen LogP contribution < -0.4 is 10.5 Å². The van der Waals surface area contributed by atoms with Crippen LogP contribution in [0.2, 0.25) is 0 Å². The lowest BCUT2D eigenvalue weighted by Crippen LogP contribution is -2.17. The SMILES string of the molecule is COCOc1ccc(CC(C)N)cc1. The average Bonchev–Trinajstić information content (AvgIpc) is 2.16. The first-order valence-corrected chi connectivity index (χ1v) is 4.68. The van der Waals surface area contributed by atoms with E-state index >= 15 is 0 Å². The van der Waals surface area contributed by atoms with Crippen molar-refractivity contribution in [1.82, 2.24) is 0 Å². The predicted molar refractivity (Wildman–Crippen MR) is 56.3 cm³/mol. The second kappa shape index (κ2) is 5.62. The van der Waals surface area contributed by atoms with Crippen molar-refractivity contribution in [3.63, 3.8) is 0 Å². The molecule has 3 heteroatoms. The average molecular weight is 195 g/mol. The molecule has 0 aliphatic carbocycles. The lowest BCUT2D eigenvalue weighted by molar-refractivity contribution is 0.0511. The minimum atomic E-state index is 0.195. The molecule has 0 spiro atoms. The van der Waals surface area contributed by atoms with Crippen molar-refractivity contribution in [3.05, 3.63) is 29.8 Å². The Morgan fingerprint density at radius 3 is 2.43 bits per heavy atom. The molecule has 14 heavy (non-hydrogen) atoms. The Bertz CT molecular complexity index is 256. The monoisotopic (exact) mass is 195 g/mol. The molecule has 1 aromatic rings. The molecule has 0 saturated heterocycles. The summed E-state index contributed by atoms with van der Waals surface area (Å²) in [5.74, 6) is 0.820. The quantitative estimate of drug-likeness (QED) is 0.725. The summed E-state index contributed by atoms with van der Waals surface area (Å²) in [6.07, 6.45) is 0.893. The van der Waals surface area contributed by atoms with E-state index < -0.39 is 0 Å². The van der Waals surface area contributed by atoms with E-state index in [1.165, 1.54) is 5.56 Å². The molecular weight excluding hydrogens is 178 g/mol. The first-order valence-electron chi connectivity index (χ1n) is 4.68. The first kappa shape index (κ1) is 11.0. The van der Waals surface area contributed by atoms with Crippen molar-refractivity contribution in [2.75, 3.05) is 13.9 Å². The summed E-state index contributed by atoms with van der Waals surface area (Å²) in [5.41, 5.74) is 6.92. The Labute approximate surface area is 84.8 Å². The van der Waals surface area contributed by atoms with Gasteiger partial charge < -0.3 is 15.2 Å². The van der Waals surface area contributed by atoms with Crippen LogP contribution in [0.5, 0.6) is 5.75 Å². The minimum absolute atomic E-state index is 0.195. The number of hydrogen-bond donors (Lipinski definition) is 1. The molecule has 0 bridgehead atoms. The van der Waals surface area contributed by atoms with E-state index in [0.717, 1.165) is 12.2 Å². The third kappa shape index (κ3) is 3.77. The molecule has 78 valence electrons. The standard InChI is InChI=1S/C11H17NO2/c1-9(12)7-10-3-5-11(6-4-10)14-8-13-2/h3-6,9H,7-8,12H2,1-2H3. The van der Waals surface area contributed by atoms with Crippen LogP contribution in [-0.2, 0) is 11.2 Å². The van der Waals surface area contributed by atoms with Crippen LogP contribution in [0.25, 0.3) is 0 Å². The Balaban J connectivity index is 2.50. The lowest BCUT2D eigenvalue weighted by atomic mass is 10.1. The Kier molecular flexibility index (Phi) is 4.43. The summed E-state index contributed by atoms with van der Waals surface area (Å²) in [7, 11) is 1.60. The van der Waals surface area contributed by atoms with Gasteiger partial charge in [-0.1, -0.05) is 12.1 Å². The molecule has 1 unspecified atom stereocenters. The van der Waals surface area contributed by atoms with Crippen molar-refractivity contribution < 1.29 is 9.47 Å². The van der Waals surface area contributed by atoms with Crippen LogP contribution >= 0.6 is 0 Å². The van der Waals surface area contributed by atoms with Crippen molar-refractivity contribution in [1.29, 1.82) is 0 Å². The van der Waals surface area contributed by atoms with E-state index in [4.69, 9.17) is 15.2 Å². The summed E-state index contributed by atoms with van der Waals surface area (Å²) in [6.45, 7) is 2.28. The maximum Gasteiger partial charge on any atom is 0.188 e. The summed E-state index contributed by atoms with van der Waals surface area (Å²) < 4.78 is 10.1. The van der Waals surface area contributed by atoms with Gasteiger partial charge in [-0.15, -0.1) is 0 Å². The van der Waals surface area contributed by atoms with Crippen LogP contribution in [0.3, 0.4) is 0 Å². The van der Waals surface area contributed by atoms with E-state index in [0.29, 0.717) is 0 Å². The second-order valence-corrected chi connectivity index (χ2v) is 3.38.